The number of primary amides is 1. The van der Waals surface area contributed by atoms with Crippen LogP contribution in [0.25, 0.3) is 16.8 Å². The van der Waals surface area contributed by atoms with E-state index in [9.17, 15) is 4.79 Å². The van der Waals surface area contributed by atoms with Crippen molar-refractivity contribution >= 4 is 5.91 Å². The molecule has 0 radical (unpaired) electrons. The number of carbonyl (C=O) groups is 1. The molecule has 138 valence electrons. The molecule has 28 heavy (non-hydrogen) atoms. The molecule has 0 saturated carbocycles. The molecule has 3 aromatic carbocycles. The molecule has 0 aliphatic carbocycles. The standard InChI is InChI=1S/C23H19N3O2/c1-16-14-21(23(24)27)25-26(16)18-9-7-8-17(15-18)20-12-5-6-13-22(20)28-19-10-3-2-4-11-19/h2-15H,1H3,(H2,24,27). The Balaban J connectivity index is 1.74. The third-order valence-corrected chi connectivity index (χ3v) is 4.40. The van der Waals surface area contributed by atoms with Gasteiger partial charge in [0.25, 0.3) is 5.91 Å². The Bertz CT molecular complexity index is 1130. The Kier molecular flexibility index (Phi) is 4.64. The molecular formula is C23H19N3O2. The van der Waals surface area contributed by atoms with Gasteiger partial charge in [0.1, 0.15) is 11.5 Å². The smallest absolute Gasteiger partial charge is 0.269 e. The van der Waals surface area contributed by atoms with Gasteiger partial charge in [-0.05, 0) is 48.9 Å². The summed E-state index contributed by atoms with van der Waals surface area (Å²) in [6.45, 7) is 1.89. The van der Waals surface area contributed by atoms with E-state index in [4.69, 9.17) is 10.5 Å². The average Bonchev–Trinajstić information content (AvgIpc) is 3.11. The van der Waals surface area contributed by atoms with E-state index in [-0.39, 0.29) is 5.69 Å². The summed E-state index contributed by atoms with van der Waals surface area (Å²) in [7, 11) is 0. The molecule has 4 rings (SSSR count). The van der Waals surface area contributed by atoms with Crippen LogP contribution >= 0.6 is 0 Å². The quantitative estimate of drug-likeness (QED) is 0.552. The third-order valence-electron chi connectivity index (χ3n) is 4.40. The van der Waals surface area contributed by atoms with Crippen LogP contribution in [-0.4, -0.2) is 15.7 Å². The highest BCUT2D eigenvalue weighted by atomic mass is 16.5. The molecule has 4 aromatic rings. The van der Waals surface area contributed by atoms with E-state index in [1.165, 1.54) is 0 Å². The van der Waals surface area contributed by atoms with Crippen molar-refractivity contribution in [3.8, 4) is 28.3 Å². The predicted molar refractivity (Wildman–Crippen MR) is 109 cm³/mol. The number of rotatable bonds is 5. The summed E-state index contributed by atoms with van der Waals surface area (Å²) >= 11 is 0. The van der Waals surface area contributed by atoms with Gasteiger partial charge in [0, 0.05) is 11.3 Å². The maximum absolute atomic E-state index is 11.4. The summed E-state index contributed by atoms with van der Waals surface area (Å²) in [5.41, 5.74) is 9.23. The Morgan fingerprint density at radius 3 is 2.43 bits per heavy atom. The Labute approximate surface area is 163 Å². The Morgan fingerprint density at radius 1 is 0.929 bits per heavy atom. The predicted octanol–water partition coefficient (Wildman–Crippen LogP) is 4.74. The van der Waals surface area contributed by atoms with Crippen molar-refractivity contribution in [2.24, 2.45) is 5.73 Å². The van der Waals surface area contributed by atoms with Crippen LogP contribution in [0.2, 0.25) is 0 Å². The van der Waals surface area contributed by atoms with Gasteiger partial charge in [-0.1, -0.05) is 48.5 Å². The fraction of sp³-hybridized carbons (Fsp3) is 0.0435. The summed E-state index contributed by atoms with van der Waals surface area (Å²) in [5, 5.41) is 4.32. The van der Waals surface area contributed by atoms with E-state index < -0.39 is 5.91 Å². The minimum atomic E-state index is -0.542. The lowest BCUT2D eigenvalue weighted by Crippen LogP contribution is -2.12. The number of amides is 1. The zero-order valence-corrected chi connectivity index (χ0v) is 15.4. The van der Waals surface area contributed by atoms with Gasteiger partial charge >= 0.3 is 0 Å². The monoisotopic (exact) mass is 369 g/mol. The topological polar surface area (TPSA) is 70.1 Å². The van der Waals surface area contributed by atoms with Crippen LogP contribution in [0.4, 0.5) is 0 Å². The number of benzene rings is 3. The molecule has 1 aromatic heterocycles. The third kappa shape index (κ3) is 3.50. The van der Waals surface area contributed by atoms with Crippen LogP contribution in [0.1, 0.15) is 16.2 Å². The minimum Gasteiger partial charge on any atom is -0.457 e. The maximum Gasteiger partial charge on any atom is 0.269 e. The van der Waals surface area contributed by atoms with Crippen molar-refractivity contribution in [3.05, 3.63) is 96.3 Å². The number of nitrogens with zero attached hydrogens (tertiary/aromatic N) is 2. The van der Waals surface area contributed by atoms with Gasteiger partial charge in [-0.25, -0.2) is 4.68 Å². The van der Waals surface area contributed by atoms with Gasteiger partial charge in [0.2, 0.25) is 0 Å². The largest absolute Gasteiger partial charge is 0.457 e. The lowest BCUT2D eigenvalue weighted by Gasteiger charge is -2.13. The van der Waals surface area contributed by atoms with Crippen LogP contribution in [-0.2, 0) is 0 Å². The number of carbonyl (C=O) groups excluding carboxylic acids is 1. The van der Waals surface area contributed by atoms with Crippen molar-refractivity contribution in [3.63, 3.8) is 0 Å². The van der Waals surface area contributed by atoms with Crippen molar-refractivity contribution in [1.82, 2.24) is 9.78 Å². The lowest BCUT2D eigenvalue weighted by molar-refractivity contribution is 0.0995. The van der Waals surface area contributed by atoms with Crippen LogP contribution in [0.15, 0.2) is 84.9 Å². The van der Waals surface area contributed by atoms with Gasteiger partial charge < -0.3 is 10.5 Å². The number of nitrogens with two attached hydrogens (primary N) is 1. The fourth-order valence-electron chi connectivity index (χ4n) is 3.07. The van der Waals surface area contributed by atoms with E-state index in [0.29, 0.717) is 0 Å². The van der Waals surface area contributed by atoms with Gasteiger partial charge in [-0.2, -0.15) is 5.10 Å². The molecule has 0 unspecified atom stereocenters. The Morgan fingerprint density at radius 2 is 1.68 bits per heavy atom. The number of aryl methyl sites for hydroxylation is 1. The molecule has 0 spiro atoms. The first kappa shape index (κ1) is 17.5. The first-order valence-corrected chi connectivity index (χ1v) is 8.91. The first-order valence-electron chi connectivity index (χ1n) is 8.91. The number of hydrogen-bond donors (Lipinski definition) is 1. The molecular weight excluding hydrogens is 350 g/mol. The fourth-order valence-corrected chi connectivity index (χ4v) is 3.07. The molecule has 0 bridgehead atoms. The van der Waals surface area contributed by atoms with Crippen LogP contribution in [0.3, 0.4) is 0 Å². The molecule has 0 saturated heterocycles. The van der Waals surface area contributed by atoms with E-state index in [1.54, 1.807) is 10.7 Å². The zero-order chi connectivity index (χ0) is 19.5. The molecule has 1 heterocycles. The number of hydrogen-bond acceptors (Lipinski definition) is 3. The number of para-hydroxylation sites is 2. The SMILES string of the molecule is Cc1cc(C(N)=O)nn1-c1cccc(-c2ccccc2Oc2ccccc2)c1. The van der Waals surface area contributed by atoms with Crippen molar-refractivity contribution in [2.75, 3.05) is 0 Å². The second-order valence-electron chi connectivity index (χ2n) is 6.41. The van der Waals surface area contributed by atoms with Crippen molar-refractivity contribution in [2.45, 2.75) is 6.92 Å². The van der Waals surface area contributed by atoms with Gasteiger partial charge in [0.15, 0.2) is 5.69 Å². The maximum atomic E-state index is 11.4. The summed E-state index contributed by atoms with van der Waals surface area (Å²) in [6.07, 6.45) is 0. The molecule has 5 nitrogen and oxygen atoms in total. The highest BCUT2D eigenvalue weighted by Crippen LogP contribution is 2.34. The van der Waals surface area contributed by atoms with Crippen LogP contribution < -0.4 is 10.5 Å². The first-order chi connectivity index (χ1) is 13.6. The molecule has 0 fully saturated rings. The van der Waals surface area contributed by atoms with Crippen LogP contribution in [0, 0.1) is 6.92 Å². The van der Waals surface area contributed by atoms with Crippen molar-refractivity contribution < 1.29 is 9.53 Å². The molecule has 0 atom stereocenters. The molecule has 5 heteroatoms. The summed E-state index contributed by atoms with van der Waals surface area (Å²) < 4.78 is 7.80. The second kappa shape index (κ2) is 7.40. The van der Waals surface area contributed by atoms with E-state index in [1.807, 2.05) is 85.8 Å². The van der Waals surface area contributed by atoms with Gasteiger partial charge in [-0.3, -0.25) is 4.79 Å². The summed E-state index contributed by atoms with van der Waals surface area (Å²) in [5.74, 6) is 1.00. The molecule has 1 amide bonds. The zero-order valence-electron chi connectivity index (χ0n) is 15.4. The van der Waals surface area contributed by atoms with E-state index in [0.717, 1.165) is 34.0 Å². The summed E-state index contributed by atoms with van der Waals surface area (Å²) in [4.78, 5) is 11.4. The van der Waals surface area contributed by atoms with Crippen molar-refractivity contribution in [1.29, 1.82) is 0 Å². The molecule has 0 aliphatic heterocycles. The number of ether oxygens (including phenoxy) is 1. The average molecular weight is 369 g/mol. The Hall–Kier alpha value is -3.86. The molecule has 2 N–H and O–H groups in total. The normalized spacial score (nSPS) is 10.6. The highest BCUT2D eigenvalue weighted by Gasteiger charge is 2.12. The minimum absolute atomic E-state index is 0.246. The molecule has 0 aliphatic rings. The van der Waals surface area contributed by atoms with Crippen LogP contribution in [0.5, 0.6) is 11.5 Å². The van der Waals surface area contributed by atoms with Gasteiger partial charge in [0.05, 0.1) is 5.69 Å². The van der Waals surface area contributed by atoms with E-state index >= 15 is 0 Å². The summed E-state index contributed by atoms with van der Waals surface area (Å²) in [6, 6.07) is 27.2. The van der Waals surface area contributed by atoms with Gasteiger partial charge in [-0.15, -0.1) is 0 Å². The lowest BCUT2D eigenvalue weighted by atomic mass is 10.0. The highest BCUT2D eigenvalue weighted by molar-refractivity contribution is 5.90. The second-order valence-corrected chi connectivity index (χ2v) is 6.41. The van der Waals surface area contributed by atoms with E-state index in [2.05, 4.69) is 5.10 Å². The number of aromatic nitrogens is 2.